The van der Waals surface area contributed by atoms with Crippen LogP contribution in [0.2, 0.25) is 5.02 Å². The van der Waals surface area contributed by atoms with E-state index in [4.69, 9.17) is 20.8 Å². The van der Waals surface area contributed by atoms with Crippen LogP contribution in [0, 0.1) is 0 Å². The molecular weight excluding hydrogens is 420 g/mol. The van der Waals surface area contributed by atoms with Crippen LogP contribution in [0.25, 0.3) is 11.3 Å². The van der Waals surface area contributed by atoms with E-state index >= 15 is 0 Å². The van der Waals surface area contributed by atoms with Crippen molar-refractivity contribution < 1.29 is 27.2 Å². The van der Waals surface area contributed by atoms with Gasteiger partial charge < -0.3 is 14.5 Å². The highest BCUT2D eigenvalue weighted by Gasteiger charge is 2.23. The fourth-order valence-electron chi connectivity index (χ4n) is 2.76. The van der Waals surface area contributed by atoms with Crippen LogP contribution in [-0.2, 0) is 30.7 Å². The number of furan rings is 1. The number of hydrogen-bond donors (Lipinski definition) is 1. The number of carbonyl (C=O) groups excluding carboxylic acids is 2. The maximum absolute atomic E-state index is 11.9. The van der Waals surface area contributed by atoms with E-state index in [1.165, 1.54) is 0 Å². The van der Waals surface area contributed by atoms with Crippen LogP contribution in [0.3, 0.4) is 0 Å². The third kappa shape index (κ3) is 6.59. The van der Waals surface area contributed by atoms with Gasteiger partial charge in [-0.1, -0.05) is 11.6 Å². The van der Waals surface area contributed by atoms with E-state index in [2.05, 4.69) is 5.32 Å². The first kappa shape index (κ1) is 21.4. The molecule has 0 radical (unpaired) electrons. The van der Waals surface area contributed by atoms with Crippen molar-refractivity contribution >= 4 is 33.3 Å². The third-order valence-electron chi connectivity index (χ3n) is 4.40. The molecule has 0 spiro atoms. The monoisotopic (exact) mass is 440 g/mol. The van der Waals surface area contributed by atoms with E-state index in [1.54, 1.807) is 29.2 Å². The van der Waals surface area contributed by atoms with Crippen LogP contribution in [-0.4, -0.2) is 62.9 Å². The number of rotatable bonds is 7. The first-order valence-corrected chi connectivity index (χ1v) is 11.2. The second-order valence-electron chi connectivity index (χ2n) is 6.64. The molecule has 0 bridgehead atoms. The first-order valence-electron chi connectivity index (χ1n) is 9.00. The van der Waals surface area contributed by atoms with Crippen molar-refractivity contribution in [2.75, 3.05) is 37.7 Å². The van der Waals surface area contributed by atoms with Gasteiger partial charge in [0.15, 0.2) is 16.4 Å². The normalized spacial score (nSPS) is 16.3. The van der Waals surface area contributed by atoms with Gasteiger partial charge in [0.2, 0.25) is 0 Å². The Morgan fingerprint density at radius 2 is 1.79 bits per heavy atom. The van der Waals surface area contributed by atoms with Gasteiger partial charge in [-0.25, -0.2) is 8.42 Å². The van der Waals surface area contributed by atoms with Crippen molar-refractivity contribution in [2.45, 2.75) is 6.54 Å². The van der Waals surface area contributed by atoms with Crippen molar-refractivity contribution in [1.29, 1.82) is 0 Å². The van der Waals surface area contributed by atoms with Crippen molar-refractivity contribution in [3.63, 3.8) is 0 Å². The van der Waals surface area contributed by atoms with E-state index in [1.807, 2.05) is 12.1 Å². The van der Waals surface area contributed by atoms with Crippen molar-refractivity contribution in [1.82, 2.24) is 10.2 Å². The highest BCUT2D eigenvalue weighted by atomic mass is 35.5. The second kappa shape index (κ2) is 9.43. The molecule has 0 saturated carbocycles. The van der Waals surface area contributed by atoms with E-state index < -0.39 is 28.3 Å². The zero-order valence-corrected chi connectivity index (χ0v) is 17.2. The summed E-state index contributed by atoms with van der Waals surface area (Å²) in [5.41, 5.74) is 0.867. The number of sulfone groups is 1. The molecule has 29 heavy (non-hydrogen) atoms. The minimum absolute atomic E-state index is 0.0297. The average Bonchev–Trinajstić information content (AvgIpc) is 3.16. The molecule has 3 rings (SSSR count). The quantitative estimate of drug-likeness (QED) is 0.650. The van der Waals surface area contributed by atoms with Crippen LogP contribution in [0.4, 0.5) is 0 Å². The molecule has 1 fully saturated rings. The zero-order chi connectivity index (χ0) is 20.9. The van der Waals surface area contributed by atoms with Gasteiger partial charge in [-0.3, -0.25) is 14.5 Å². The lowest BCUT2D eigenvalue weighted by atomic mass is 10.2. The number of nitrogens with zero attached hydrogens (tertiary/aromatic N) is 1. The summed E-state index contributed by atoms with van der Waals surface area (Å²) in [4.78, 5) is 25.4. The molecule has 1 saturated heterocycles. The first-order chi connectivity index (χ1) is 13.8. The Balaban J connectivity index is 1.38. The predicted molar refractivity (Wildman–Crippen MR) is 107 cm³/mol. The predicted octanol–water partition coefficient (Wildman–Crippen LogP) is 1.49. The van der Waals surface area contributed by atoms with E-state index in [-0.39, 0.29) is 37.7 Å². The SMILES string of the molecule is O=C(COC(=O)CN1CCS(=O)(=O)CC1)NCc1ccc(-c2ccc(Cl)cc2)o1. The molecule has 10 heteroatoms. The molecule has 2 aromatic rings. The number of halogens is 1. The molecule has 0 aliphatic carbocycles. The summed E-state index contributed by atoms with van der Waals surface area (Å²) in [7, 11) is -3.00. The lowest BCUT2D eigenvalue weighted by Crippen LogP contribution is -2.43. The van der Waals surface area contributed by atoms with Gasteiger partial charge >= 0.3 is 5.97 Å². The largest absolute Gasteiger partial charge is 0.459 e. The van der Waals surface area contributed by atoms with Gasteiger partial charge in [-0.2, -0.15) is 0 Å². The molecule has 0 unspecified atom stereocenters. The number of hydrogen-bond acceptors (Lipinski definition) is 7. The average molecular weight is 441 g/mol. The summed E-state index contributed by atoms with van der Waals surface area (Å²) < 4.78 is 33.4. The summed E-state index contributed by atoms with van der Waals surface area (Å²) in [6.45, 7) is 0.297. The lowest BCUT2D eigenvalue weighted by Gasteiger charge is -2.25. The Kier molecular flexibility index (Phi) is 6.94. The molecular formula is C19H21ClN2O6S. The zero-order valence-electron chi connectivity index (χ0n) is 15.6. The Hall–Kier alpha value is -2.36. The van der Waals surface area contributed by atoms with Gasteiger partial charge in [0, 0.05) is 23.7 Å². The van der Waals surface area contributed by atoms with E-state index in [9.17, 15) is 18.0 Å². The van der Waals surface area contributed by atoms with Crippen molar-refractivity contribution in [3.05, 3.63) is 47.2 Å². The smallest absolute Gasteiger partial charge is 0.320 e. The Bertz CT molecular complexity index is 957. The number of esters is 1. The maximum Gasteiger partial charge on any atom is 0.320 e. The van der Waals surface area contributed by atoms with Crippen LogP contribution in [0.15, 0.2) is 40.8 Å². The van der Waals surface area contributed by atoms with Crippen LogP contribution >= 0.6 is 11.6 Å². The molecule has 8 nitrogen and oxygen atoms in total. The van der Waals surface area contributed by atoms with Crippen molar-refractivity contribution in [3.8, 4) is 11.3 Å². The van der Waals surface area contributed by atoms with E-state index in [0.29, 0.717) is 16.5 Å². The fourth-order valence-corrected chi connectivity index (χ4v) is 4.16. The summed E-state index contributed by atoms with van der Waals surface area (Å²) in [5, 5.41) is 3.25. The van der Waals surface area contributed by atoms with Crippen LogP contribution in [0.1, 0.15) is 5.76 Å². The van der Waals surface area contributed by atoms with Gasteiger partial charge in [0.25, 0.3) is 5.91 Å². The summed E-state index contributed by atoms with van der Waals surface area (Å²) in [6, 6.07) is 10.7. The van der Waals surface area contributed by atoms with Gasteiger partial charge in [-0.05, 0) is 36.4 Å². The Labute approximate surface area is 173 Å². The van der Waals surface area contributed by atoms with Gasteiger partial charge in [0.1, 0.15) is 11.5 Å². The number of benzene rings is 1. The Morgan fingerprint density at radius 3 is 2.48 bits per heavy atom. The van der Waals surface area contributed by atoms with Crippen molar-refractivity contribution in [2.24, 2.45) is 0 Å². The molecule has 1 aliphatic heterocycles. The minimum atomic E-state index is -3.00. The molecule has 2 heterocycles. The topological polar surface area (TPSA) is 106 Å². The van der Waals surface area contributed by atoms with Gasteiger partial charge in [0.05, 0.1) is 24.6 Å². The number of ether oxygens (including phenoxy) is 1. The second-order valence-corrected chi connectivity index (χ2v) is 9.38. The molecule has 1 N–H and O–H groups in total. The highest BCUT2D eigenvalue weighted by molar-refractivity contribution is 7.91. The summed E-state index contributed by atoms with van der Waals surface area (Å²) in [6.07, 6.45) is 0. The molecule has 1 amide bonds. The summed E-state index contributed by atoms with van der Waals surface area (Å²) in [5.74, 6) is 0.251. The fraction of sp³-hybridized carbons (Fsp3) is 0.368. The number of amides is 1. The molecule has 156 valence electrons. The van der Waals surface area contributed by atoms with Crippen LogP contribution < -0.4 is 5.32 Å². The Morgan fingerprint density at radius 1 is 1.10 bits per heavy atom. The van der Waals surface area contributed by atoms with Gasteiger partial charge in [-0.15, -0.1) is 0 Å². The highest BCUT2D eigenvalue weighted by Crippen LogP contribution is 2.23. The maximum atomic E-state index is 11.9. The number of nitrogens with one attached hydrogen (secondary N) is 1. The third-order valence-corrected chi connectivity index (χ3v) is 6.27. The minimum Gasteiger partial charge on any atom is -0.459 e. The molecule has 1 aromatic heterocycles. The molecule has 1 aliphatic rings. The number of carbonyl (C=O) groups is 2. The lowest BCUT2D eigenvalue weighted by molar-refractivity contribution is -0.149. The molecule has 1 aromatic carbocycles. The van der Waals surface area contributed by atoms with Crippen LogP contribution in [0.5, 0.6) is 0 Å². The molecule has 0 atom stereocenters. The van der Waals surface area contributed by atoms with E-state index in [0.717, 1.165) is 5.56 Å². The standard InChI is InChI=1S/C19H21ClN2O6S/c20-15-3-1-14(2-4-15)17-6-5-16(28-17)11-21-18(23)13-27-19(24)12-22-7-9-29(25,26)10-8-22/h1-6H,7-13H2,(H,21,23). The summed E-state index contributed by atoms with van der Waals surface area (Å²) >= 11 is 5.87.